The number of rotatable bonds is 4. The summed E-state index contributed by atoms with van der Waals surface area (Å²) in [6.07, 6.45) is 4.33. The molecule has 0 aliphatic carbocycles. The van der Waals surface area contributed by atoms with Crippen LogP contribution in [0.5, 0.6) is 0 Å². The summed E-state index contributed by atoms with van der Waals surface area (Å²) in [7, 11) is 0. The standard InChI is InChI=1S/C15H22N2O/c1-2-4-12-6-8-14(9-7-12)17-15(18)13-5-3-10-16-11-13/h6-9,13,16H,2-5,10-11H2,1H3,(H,17,18)/t13-/m1/s1. The largest absolute Gasteiger partial charge is 0.326 e. The number of hydrogen-bond donors (Lipinski definition) is 2. The summed E-state index contributed by atoms with van der Waals surface area (Å²) in [5.74, 6) is 0.263. The molecule has 18 heavy (non-hydrogen) atoms. The lowest BCUT2D eigenvalue weighted by molar-refractivity contribution is -0.120. The SMILES string of the molecule is CCCc1ccc(NC(=O)[C@@H]2CCCNC2)cc1. The van der Waals surface area contributed by atoms with Gasteiger partial charge in [0.25, 0.3) is 0 Å². The van der Waals surface area contributed by atoms with Gasteiger partial charge in [0.15, 0.2) is 0 Å². The fourth-order valence-corrected chi connectivity index (χ4v) is 2.36. The molecule has 2 rings (SSSR count). The van der Waals surface area contributed by atoms with Crippen LogP contribution >= 0.6 is 0 Å². The minimum Gasteiger partial charge on any atom is -0.326 e. The van der Waals surface area contributed by atoms with Crippen molar-refractivity contribution in [2.24, 2.45) is 5.92 Å². The van der Waals surface area contributed by atoms with Crippen LogP contribution in [0.3, 0.4) is 0 Å². The Bertz CT molecular complexity index is 380. The first-order valence-corrected chi connectivity index (χ1v) is 6.90. The molecule has 0 spiro atoms. The first kappa shape index (κ1) is 13.1. The Morgan fingerprint density at radius 3 is 2.78 bits per heavy atom. The van der Waals surface area contributed by atoms with E-state index in [1.54, 1.807) is 0 Å². The summed E-state index contributed by atoms with van der Waals surface area (Å²) in [5.41, 5.74) is 2.24. The van der Waals surface area contributed by atoms with Gasteiger partial charge in [-0.05, 0) is 43.5 Å². The van der Waals surface area contributed by atoms with Gasteiger partial charge in [0.05, 0.1) is 5.92 Å². The molecule has 3 heteroatoms. The zero-order chi connectivity index (χ0) is 12.8. The van der Waals surface area contributed by atoms with Crippen LogP contribution in [0.1, 0.15) is 31.7 Å². The molecule has 1 amide bonds. The number of carbonyl (C=O) groups is 1. The zero-order valence-corrected chi connectivity index (χ0v) is 11.0. The fourth-order valence-electron chi connectivity index (χ4n) is 2.36. The highest BCUT2D eigenvalue weighted by Crippen LogP contribution is 2.15. The molecule has 0 aromatic heterocycles. The minimum atomic E-state index is 0.120. The lowest BCUT2D eigenvalue weighted by Crippen LogP contribution is -2.37. The van der Waals surface area contributed by atoms with Crippen LogP contribution in [0, 0.1) is 5.92 Å². The lowest BCUT2D eigenvalue weighted by atomic mass is 9.99. The number of nitrogens with one attached hydrogen (secondary N) is 2. The zero-order valence-electron chi connectivity index (χ0n) is 11.0. The molecule has 0 bridgehead atoms. The second-order valence-corrected chi connectivity index (χ2v) is 4.98. The molecule has 0 unspecified atom stereocenters. The average molecular weight is 246 g/mol. The van der Waals surface area contributed by atoms with Gasteiger partial charge >= 0.3 is 0 Å². The molecule has 1 atom stereocenters. The van der Waals surface area contributed by atoms with Gasteiger partial charge in [-0.2, -0.15) is 0 Å². The van der Waals surface area contributed by atoms with Crippen LogP contribution in [0.2, 0.25) is 0 Å². The highest BCUT2D eigenvalue weighted by Gasteiger charge is 2.20. The molecular weight excluding hydrogens is 224 g/mol. The van der Waals surface area contributed by atoms with E-state index in [1.165, 1.54) is 5.56 Å². The van der Waals surface area contributed by atoms with Crippen molar-refractivity contribution in [3.05, 3.63) is 29.8 Å². The van der Waals surface area contributed by atoms with E-state index in [0.717, 1.165) is 44.5 Å². The van der Waals surface area contributed by atoms with Crippen molar-refractivity contribution in [1.82, 2.24) is 5.32 Å². The monoisotopic (exact) mass is 246 g/mol. The van der Waals surface area contributed by atoms with Crippen LogP contribution in [-0.2, 0) is 11.2 Å². The molecule has 2 N–H and O–H groups in total. The number of amides is 1. The molecule has 1 aromatic carbocycles. The van der Waals surface area contributed by atoms with Crippen molar-refractivity contribution in [1.29, 1.82) is 0 Å². The van der Waals surface area contributed by atoms with E-state index >= 15 is 0 Å². The maximum absolute atomic E-state index is 12.0. The quantitative estimate of drug-likeness (QED) is 0.857. The maximum atomic E-state index is 12.0. The molecule has 1 aliphatic rings. The molecule has 1 saturated heterocycles. The highest BCUT2D eigenvalue weighted by molar-refractivity contribution is 5.92. The van der Waals surface area contributed by atoms with E-state index in [9.17, 15) is 4.79 Å². The summed E-state index contributed by atoms with van der Waals surface area (Å²) in [4.78, 5) is 12.0. The third-order valence-electron chi connectivity index (χ3n) is 3.43. The average Bonchev–Trinajstić information content (AvgIpc) is 2.42. The second kappa shape index (κ2) is 6.55. The van der Waals surface area contributed by atoms with Gasteiger partial charge in [-0.3, -0.25) is 4.79 Å². The first-order chi connectivity index (χ1) is 8.79. The Labute approximate surface area is 109 Å². The van der Waals surface area contributed by atoms with Crippen molar-refractivity contribution in [2.45, 2.75) is 32.6 Å². The Morgan fingerprint density at radius 1 is 1.39 bits per heavy atom. The molecule has 3 nitrogen and oxygen atoms in total. The number of carbonyl (C=O) groups excluding carboxylic acids is 1. The van der Waals surface area contributed by atoms with Crippen molar-refractivity contribution < 1.29 is 4.79 Å². The van der Waals surface area contributed by atoms with E-state index < -0.39 is 0 Å². The molecule has 1 aliphatic heterocycles. The molecular formula is C15H22N2O. The summed E-state index contributed by atoms with van der Waals surface area (Å²) < 4.78 is 0. The third kappa shape index (κ3) is 3.57. The number of hydrogen-bond acceptors (Lipinski definition) is 2. The summed E-state index contributed by atoms with van der Waals surface area (Å²) in [5, 5.41) is 6.27. The van der Waals surface area contributed by atoms with Crippen molar-refractivity contribution in [2.75, 3.05) is 18.4 Å². The van der Waals surface area contributed by atoms with E-state index in [1.807, 2.05) is 12.1 Å². The molecule has 98 valence electrons. The Balaban J connectivity index is 1.89. The summed E-state index contributed by atoms with van der Waals surface area (Å²) in [6, 6.07) is 8.19. The normalized spacial score (nSPS) is 19.5. The van der Waals surface area contributed by atoms with Crippen LogP contribution in [-0.4, -0.2) is 19.0 Å². The van der Waals surface area contributed by atoms with Gasteiger partial charge in [-0.15, -0.1) is 0 Å². The topological polar surface area (TPSA) is 41.1 Å². The van der Waals surface area contributed by atoms with E-state index in [4.69, 9.17) is 0 Å². The van der Waals surface area contributed by atoms with Crippen LogP contribution in [0.15, 0.2) is 24.3 Å². The van der Waals surface area contributed by atoms with Gasteiger partial charge in [0, 0.05) is 12.2 Å². The van der Waals surface area contributed by atoms with Gasteiger partial charge in [-0.1, -0.05) is 25.5 Å². The van der Waals surface area contributed by atoms with E-state index in [2.05, 4.69) is 29.7 Å². The van der Waals surface area contributed by atoms with Crippen molar-refractivity contribution in [3.63, 3.8) is 0 Å². The van der Waals surface area contributed by atoms with Crippen molar-refractivity contribution in [3.8, 4) is 0 Å². The number of anilines is 1. The Morgan fingerprint density at radius 2 is 2.17 bits per heavy atom. The molecule has 1 fully saturated rings. The number of aryl methyl sites for hydroxylation is 1. The van der Waals surface area contributed by atoms with Crippen LogP contribution in [0.25, 0.3) is 0 Å². The third-order valence-corrected chi connectivity index (χ3v) is 3.43. The fraction of sp³-hybridized carbons (Fsp3) is 0.533. The highest BCUT2D eigenvalue weighted by atomic mass is 16.1. The maximum Gasteiger partial charge on any atom is 0.228 e. The smallest absolute Gasteiger partial charge is 0.228 e. The van der Waals surface area contributed by atoms with Gasteiger partial charge in [0.1, 0.15) is 0 Å². The molecule has 1 heterocycles. The number of benzene rings is 1. The predicted molar refractivity (Wildman–Crippen MR) is 74.7 cm³/mol. The minimum absolute atomic E-state index is 0.120. The Kier molecular flexibility index (Phi) is 4.76. The molecule has 1 aromatic rings. The first-order valence-electron chi connectivity index (χ1n) is 6.90. The number of piperidine rings is 1. The summed E-state index contributed by atoms with van der Waals surface area (Å²) in [6.45, 7) is 4.01. The second-order valence-electron chi connectivity index (χ2n) is 4.98. The Hall–Kier alpha value is -1.35. The van der Waals surface area contributed by atoms with Gasteiger partial charge < -0.3 is 10.6 Å². The lowest BCUT2D eigenvalue weighted by Gasteiger charge is -2.21. The molecule has 0 saturated carbocycles. The van der Waals surface area contributed by atoms with Crippen LogP contribution in [0.4, 0.5) is 5.69 Å². The van der Waals surface area contributed by atoms with E-state index in [0.29, 0.717) is 0 Å². The van der Waals surface area contributed by atoms with Gasteiger partial charge in [-0.25, -0.2) is 0 Å². The van der Waals surface area contributed by atoms with Gasteiger partial charge in [0.2, 0.25) is 5.91 Å². The van der Waals surface area contributed by atoms with Crippen LogP contribution < -0.4 is 10.6 Å². The molecule has 0 radical (unpaired) electrons. The van der Waals surface area contributed by atoms with E-state index in [-0.39, 0.29) is 11.8 Å². The predicted octanol–water partition coefficient (Wildman–Crippen LogP) is 2.58. The summed E-state index contributed by atoms with van der Waals surface area (Å²) >= 11 is 0. The van der Waals surface area contributed by atoms with Crippen molar-refractivity contribution >= 4 is 11.6 Å².